The van der Waals surface area contributed by atoms with Crippen LogP contribution < -0.4 is 5.32 Å². The summed E-state index contributed by atoms with van der Waals surface area (Å²) < 4.78 is 13.1. The molecule has 0 aliphatic heterocycles. The number of nitrogens with zero attached hydrogens (tertiary/aromatic N) is 1. The lowest BCUT2D eigenvalue weighted by atomic mass is 10.0. The van der Waals surface area contributed by atoms with Crippen LogP contribution in [0, 0.1) is 17.1 Å². The summed E-state index contributed by atoms with van der Waals surface area (Å²) in [5.74, 6) is -1.82. The van der Waals surface area contributed by atoms with Gasteiger partial charge in [-0.3, -0.25) is 9.59 Å². The summed E-state index contributed by atoms with van der Waals surface area (Å²) in [4.78, 5) is 23.2. The lowest BCUT2D eigenvalue weighted by molar-refractivity contribution is -0.137. The first-order valence-corrected chi connectivity index (χ1v) is 7.28. The van der Waals surface area contributed by atoms with Gasteiger partial charge >= 0.3 is 5.97 Å². The number of aliphatic carboxylic acids is 1. The topological polar surface area (TPSA) is 90.2 Å². The molecule has 0 radical (unpaired) electrons. The van der Waals surface area contributed by atoms with Crippen molar-refractivity contribution in [3.63, 3.8) is 0 Å². The number of carboxylic acid groups (broad SMARTS) is 1. The monoisotopic (exact) mass is 326 g/mol. The van der Waals surface area contributed by atoms with E-state index in [1.54, 1.807) is 18.2 Å². The number of nitrogens with one attached hydrogen (secondary N) is 1. The normalized spacial score (nSPS) is 11.3. The van der Waals surface area contributed by atoms with Crippen molar-refractivity contribution < 1.29 is 19.1 Å². The minimum Gasteiger partial charge on any atom is -0.481 e. The Labute approximate surface area is 138 Å². The summed E-state index contributed by atoms with van der Waals surface area (Å²) in [5.41, 5.74) is 1.27. The molecule has 2 aromatic rings. The van der Waals surface area contributed by atoms with Crippen molar-refractivity contribution in [1.29, 1.82) is 5.26 Å². The number of rotatable bonds is 6. The highest BCUT2D eigenvalue weighted by Gasteiger charge is 2.17. The van der Waals surface area contributed by atoms with Gasteiger partial charge in [0, 0.05) is 12.0 Å². The number of carbonyl (C=O) groups is 2. The van der Waals surface area contributed by atoms with Gasteiger partial charge in [0.25, 0.3) is 5.91 Å². The molecular weight excluding hydrogens is 311 g/mol. The molecule has 0 aromatic heterocycles. The van der Waals surface area contributed by atoms with Crippen LogP contribution in [0.25, 0.3) is 0 Å². The summed E-state index contributed by atoms with van der Waals surface area (Å²) in [6.07, 6.45) is 0.0329. The van der Waals surface area contributed by atoms with E-state index in [1.165, 1.54) is 30.3 Å². The fourth-order valence-electron chi connectivity index (χ4n) is 2.26. The van der Waals surface area contributed by atoms with Crippen LogP contribution in [0.15, 0.2) is 48.5 Å². The van der Waals surface area contributed by atoms with Crippen molar-refractivity contribution in [1.82, 2.24) is 5.32 Å². The number of nitriles is 1. The van der Waals surface area contributed by atoms with E-state index < -0.39 is 23.7 Å². The highest BCUT2D eigenvalue weighted by molar-refractivity contribution is 5.94. The second kappa shape index (κ2) is 7.88. The molecule has 0 aliphatic rings. The second-order valence-electron chi connectivity index (χ2n) is 5.20. The summed E-state index contributed by atoms with van der Waals surface area (Å²) in [5, 5.41) is 20.5. The van der Waals surface area contributed by atoms with Gasteiger partial charge in [-0.15, -0.1) is 0 Å². The van der Waals surface area contributed by atoms with Crippen LogP contribution in [0.4, 0.5) is 4.39 Å². The van der Waals surface area contributed by atoms with Crippen LogP contribution in [-0.2, 0) is 4.79 Å². The van der Waals surface area contributed by atoms with E-state index in [-0.39, 0.29) is 12.8 Å². The Kier molecular flexibility index (Phi) is 5.63. The quantitative estimate of drug-likeness (QED) is 0.853. The first-order valence-electron chi connectivity index (χ1n) is 7.28. The maximum Gasteiger partial charge on any atom is 0.303 e. The molecule has 24 heavy (non-hydrogen) atoms. The average Bonchev–Trinajstić information content (AvgIpc) is 2.59. The van der Waals surface area contributed by atoms with Crippen LogP contribution in [0.3, 0.4) is 0 Å². The first-order chi connectivity index (χ1) is 11.5. The molecule has 2 aromatic carbocycles. The Balaban J connectivity index is 2.20. The van der Waals surface area contributed by atoms with E-state index >= 15 is 0 Å². The molecule has 0 saturated heterocycles. The Morgan fingerprint density at radius 3 is 2.54 bits per heavy atom. The fraction of sp³-hybridized carbons (Fsp3) is 0.167. The zero-order valence-corrected chi connectivity index (χ0v) is 12.7. The Morgan fingerprint density at radius 2 is 1.92 bits per heavy atom. The molecule has 0 heterocycles. The van der Waals surface area contributed by atoms with Gasteiger partial charge in [0.05, 0.1) is 17.7 Å². The molecule has 5 nitrogen and oxygen atoms in total. The third-order valence-corrected chi connectivity index (χ3v) is 3.48. The molecule has 0 spiro atoms. The molecular formula is C18H15FN2O3. The van der Waals surface area contributed by atoms with E-state index in [0.29, 0.717) is 16.7 Å². The van der Waals surface area contributed by atoms with E-state index in [4.69, 9.17) is 10.4 Å². The number of amides is 1. The van der Waals surface area contributed by atoms with Crippen LogP contribution >= 0.6 is 0 Å². The van der Waals surface area contributed by atoms with E-state index in [9.17, 15) is 14.0 Å². The predicted molar refractivity (Wildman–Crippen MR) is 84.6 cm³/mol. The van der Waals surface area contributed by atoms with Crippen molar-refractivity contribution in [2.45, 2.75) is 18.9 Å². The first kappa shape index (κ1) is 17.2. The average molecular weight is 326 g/mol. The summed E-state index contributed by atoms with van der Waals surface area (Å²) >= 11 is 0. The lowest BCUT2D eigenvalue weighted by Crippen LogP contribution is -2.29. The van der Waals surface area contributed by atoms with Gasteiger partial charge in [-0.2, -0.15) is 5.26 Å². The largest absolute Gasteiger partial charge is 0.481 e. The highest BCUT2D eigenvalue weighted by atomic mass is 19.1. The highest BCUT2D eigenvalue weighted by Crippen LogP contribution is 2.20. The van der Waals surface area contributed by atoms with Crippen molar-refractivity contribution in [2.75, 3.05) is 0 Å². The standard InChI is InChI=1S/C18H15FN2O3/c19-15-6-4-13(5-7-15)16(8-9-17(22)23)21-18(24)14-3-1-2-12(10-14)11-20/h1-7,10,16H,8-9H2,(H,21,24)(H,22,23). The van der Waals surface area contributed by atoms with Gasteiger partial charge < -0.3 is 10.4 Å². The summed E-state index contributed by atoms with van der Waals surface area (Å²) in [7, 11) is 0. The van der Waals surface area contributed by atoms with Crippen molar-refractivity contribution in [3.8, 4) is 6.07 Å². The van der Waals surface area contributed by atoms with E-state index in [0.717, 1.165) is 0 Å². The Hall–Kier alpha value is -3.20. The number of carbonyl (C=O) groups excluding carboxylic acids is 1. The Morgan fingerprint density at radius 1 is 1.21 bits per heavy atom. The molecule has 6 heteroatoms. The van der Waals surface area contributed by atoms with Crippen molar-refractivity contribution in [3.05, 3.63) is 71.0 Å². The zero-order valence-electron chi connectivity index (χ0n) is 12.7. The third-order valence-electron chi connectivity index (χ3n) is 3.48. The SMILES string of the molecule is N#Cc1cccc(C(=O)NC(CCC(=O)O)c2ccc(F)cc2)c1. The summed E-state index contributed by atoms with van der Waals surface area (Å²) in [6.45, 7) is 0. The maximum absolute atomic E-state index is 13.1. The van der Waals surface area contributed by atoms with Gasteiger partial charge in [-0.25, -0.2) is 4.39 Å². The predicted octanol–water partition coefficient (Wildman–Crippen LogP) is 3.03. The van der Waals surface area contributed by atoms with Gasteiger partial charge in [0.2, 0.25) is 0 Å². The number of hydrogen-bond acceptors (Lipinski definition) is 3. The number of benzene rings is 2. The molecule has 1 unspecified atom stereocenters. The molecule has 0 saturated carbocycles. The third kappa shape index (κ3) is 4.65. The number of hydrogen-bond donors (Lipinski definition) is 2. The Bertz CT molecular complexity index is 782. The van der Waals surface area contributed by atoms with Crippen molar-refractivity contribution >= 4 is 11.9 Å². The van der Waals surface area contributed by atoms with Gasteiger partial charge in [-0.05, 0) is 42.3 Å². The molecule has 2 N–H and O–H groups in total. The van der Waals surface area contributed by atoms with Crippen LogP contribution in [0.5, 0.6) is 0 Å². The van der Waals surface area contributed by atoms with Gasteiger partial charge in [0.15, 0.2) is 0 Å². The molecule has 2 rings (SSSR count). The number of halogens is 1. The fourth-order valence-corrected chi connectivity index (χ4v) is 2.26. The lowest BCUT2D eigenvalue weighted by Gasteiger charge is -2.19. The maximum atomic E-state index is 13.1. The van der Waals surface area contributed by atoms with E-state index in [1.807, 2.05) is 6.07 Å². The van der Waals surface area contributed by atoms with Crippen molar-refractivity contribution in [2.24, 2.45) is 0 Å². The smallest absolute Gasteiger partial charge is 0.303 e. The van der Waals surface area contributed by atoms with Crippen LogP contribution in [0.2, 0.25) is 0 Å². The molecule has 0 bridgehead atoms. The molecule has 0 aliphatic carbocycles. The minimum atomic E-state index is -0.983. The second-order valence-corrected chi connectivity index (χ2v) is 5.20. The minimum absolute atomic E-state index is 0.138. The zero-order chi connectivity index (χ0) is 17.5. The van der Waals surface area contributed by atoms with E-state index in [2.05, 4.69) is 5.32 Å². The van der Waals surface area contributed by atoms with Gasteiger partial charge in [-0.1, -0.05) is 18.2 Å². The summed E-state index contributed by atoms with van der Waals surface area (Å²) in [6, 6.07) is 13.1. The number of carboxylic acids is 1. The molecule has 1 amide bonds. The molecule has 122 valence electrons. The van der Waals surface area contributed by atoms with Gasteiger partial charge in [0.1, 0.15) is 5.82 Å². The molecule has 1 atom stereocenters. The van der Waals surface area contributed by atoms with Crippen LogP contribution in [0.1, 0.15) is 40.4 Å². The van der Waals surface area contributed by atoms with Crippen LogP contribution in [-0.4, -0.2) is 17.0 Å². The molecule has 0 fully saturated rings.